The molecule has 0 aliphatic heterocycles. The van der Waals surface area contributed by atoms with Gasteiger partial charge in [0.25, 0.3) is 5.89 Å². The molecule has 0 unspecified atom stereocenters. The zero-order valence-corrected chi connectivity index (χ0v) is 11.3. The number of rotatable bonds is 3. The molecule has 1 aromatic heterocycles. The average molecular weight is 270 g/mol. The zero-order valence-electron chi connectivity index (χ0n) is 11.3. The number of nitrogens with zero attached hydrogens (tertiary/aromatic N) is 2. The molecular weight excluding hydrogens is 252 g/mol. The zero-order chi connectivity index (χ0) is 13.6. The van der Waals surface area contributed by atoms with Crippen LogP contribution in [-0.4, -0.2) is 15.2 Å². The van der Waals surface area contributed by atoms with Crippen LogP contribution in [0.1, 0.15) is 61.2 Å². The average Bonchev–Trinajstić information content (AvgIpc) is 2.84. The number of aliphatic hydroxyl groups is 1. The van der Waals surface area contributed by atoms with Crippen LogP contribution < -0.4 is 0 Å². The van der Waals surface area contributed by atoms with Gasteiger partial charge in [-0.1, -0.05) is 41.9 Å². The van der Waals surface area contributed by atoms with Crippen molar-refractivity contribution < 1.29 is 9.63 Å². The van der Waals surface area contributed by atoms with Crippen LogP contribution in [0.15, 0.2) is 34.9 Å². The molecular formula is C16H18N2O2. The second kappa shape index (κ2) is 4.42. The second-order valence-corrected chi connectivity index (χ2v) is 6.13. The molecule has 0 spiro atoms. The SMILES string of the molecule is OC1(c2nc(C3CCC3)no2)CC(c2ccccc2)C1. The third-order valence-corrected chi connectivity index (χ3v) is 4.75. The van der Waals surface area contributed by atoms with E-state index in [4.69, 9.17) is 4.52 Å². The Morgan fingerprint density at radius 3 is 2.50 bits per heavy atom. The van der Waals surface area contributed by atoms with Crippen molar-refractivity contribution in [2.45, 2.75) is 49.5 Å². The topological polar surface area (TPSA) is 59.2 Å². The molecule has 1 heterocycles. The highest BCUT2D eigenvalue weighted by Crippen LogP contribution is 2.50. The van der Waals surface area contributed by atoms with E-state index in [2.05, 4.69) is 22.3 Å². The van der Waals surface area contributed by atoms with E-state index in [1.807, 2.05) is 18.2 Å². The van der Waals surface area contributed by atoms with E-state index < -0.39 is 5.60 Å². The van der Waals surface area contributed by atoms with Crippen molar-refractivity contribution in [1.82, 2.24) is 10.1 Å². The molecule has 1 aromatic carbocycles. The lowest BCUT2D eigenvalue weighted by Crippen LogP contribution is -2.40. The summed E-state index contributed by atoms with van der Waals surface area (Å²) in [4.78, 5) is 4.43. The minimum Gasteiger partial charge on any atom is -0.380 e. The molecule has 4 rings (SSSR count). The van der Waals surface area contributed by atoms with Gasteiger partial charge in [0.2, 0.25) is 0 Å². The maximum atomic E-state index is 10.6. The lowest BCUT2D eigenvalue weighted by molar-refractivity contribution is -0.0792. The normalized spacial score (nSPS) is 29.8. The molecule has 0 saturated heterocycles. The summed E-state index contributed by atoms with van der Waals surface area (Å²) in [7, 11) is 0. The van der Waals surface area contributed by atoms with E-state index in [0.29, 0.717) is 30.6 Å². The standard InChI is InChI=1S/C16H18N2O2/c19-16(9-13(10-16)11-5-2-1-3-6-11)15-17-14(18-20-15)12-7-4-8-12/h1-3,5-6,12-13,19H,4,7-10H2. The molecule has 20 heavy (non-hydrogen) atoms. The Labute approximate surface area is 117 Å². The first-order valence-electron chi connectivity index (χ1n) is 7.36. The fourth-order valence-corrected chi connectivity index (χ4v) is 3.15. The van der Waals surface area contributed by atoms with Crippen LogP contribution in [0.3, 0.4) is 0 Å². The molecule has 4 heteroatoms. The molecule has 0 bridgehead atoms. The first-order valence-corrected chi connectivity index (χ1v) is 7.36. The van der Waals surface area contributed by atoms with Gasteiger partial charge < -0.3 is 9.63 Å². The van der Waals surface area contributed by atoms with Gasteiger partial charge in [-0.05, 0) is 37.2 Å². The Bertz CT molecular complexity index is 598. The first kappa shape index (κ1) is 12.1. The molecule has 2 saturated carbocycles. The van der Waals surface area contributed by atoms with E-state index in [1.54, 1.807) is 0 Å². The van der Waals surface area contributed by atoms with E-state index >= 15 is 0 Å². The molecule has 2 aliphatic carbocycles. The maximum absolute atomic E-state index is 10.6. The van der Waals surface area contributed by atoms with Crippen LogP contribution in [-0.2, 0) is 5.60 Å². The van der Waals surface area contributed by atoms with Crippen molar-refractivity contribution in [3.63, 3.8) is 0 Å². The Hall–Kier alpha value is -1.68. The number of hydrogen-bond donors (Lipinski definition) is 1. The summed E-state index contributed by atoms with van der Waals surface area (Å²) in [6.45, 7) is 0. The largest absolute Gasteiger partial charge is 0.380 e. The highest BCUT2D eigenvalue weighted by atomic mass is 16.5. The van der Waals surface area contributed by atoms with Crippen LogP contribution >= 0.6 is 0 Å². The summed E-state index contributed by atoms with van der Waals surface area (Å²) in [5, 5.41) is 14.6. The summed E-state index contributed by atoms with van der Waals surface area (Å²) >= 11 is 0. The molecule has 2 aliphatic rings. The maximum Gasteiger partial charge on any atom is 0.258 e. The Morgan fingerprint density at radius 2 is 1.85 bits per heavy atom. The lowest BCUT2D eigenvalue weighted by Gasteiger charge is -2.41. The van der Waals surface area contributed by atoms with Gasteiger partial charge in [-0.15, -0.1) is 0 Å². The lowest BCUT2D eigenvalue weighted by atomic mass is 9.68. The van der Waals surface area contributed by atoms with Crippen LogP contribution in [0.25, 0.3) is 0 Å². The quantitative estimate of drug-likeness (QED) is 0.931. The summed E-state index contributed by atoms with van der Waals surface area (Å²) in [5.74, 6) is 2.02. The molecule has 0 atom stereocenters. The van der Waals surface area contributed by atoms with Crippen molar-refractivity contribution in [1.29, 1.82) is 0 Å². The van der Waals surface area contributed by atoms with Crippen molar-refractivity contribution in [2.75, 3.05) is 0 Å². The minimum atomic E-state index is -0.921. The van der Waals surface area contributed by atoms with Crippen LogP contribution in [0, 0.1) is 0 Å². The smallest absolute Gasteiger partial charge is 0.258 e. The molecule has 1 N–H and O–H groups in total. The number of benzene rings is 1. The van der Waals surface area contributed by atoms with Crippen LogP contribution in [0.4, 0.5) is 0 Å². The molecule has 0 radical (unpaired) electrons. The molecule has 4 nitrogen and oxygen atoms in total. The molecule has 104 valence electrons. The summed E-state index contributed by atoms with van der Waals surface area (Å²) in [6, 6.07) is 10.3. The van der Waals surface area contributed by atoms with Crippen molar-refractivity contribution in [2.24, 2.45) is 0 Å². The van der Waals surface area contributed by atoms with Gasteiger partial charge >= 0.3 is 0 Å². The van der Waals surface area contributed by atoms with Gasteiger partial charge in [0.1, 0.15) is 5.60 Å². The predicted octanol–water partition coefficient (Wildman–Crippen LogP) is 3.10. The van der Waals surface area contributed by atoms with Gasteiger partial charge in [0.15, 0.2) is 5.82 Å². The third kappa shape index (κ3) is 1.86. The van der Waals surface area contributed by atoms with Crippen LogP contribution in [0.2, 0.25) is 0 Å². The van der Waals surface area contributed by atoms with Crippen molar-refractivity contribution >= 4 is 0 Å². The number of hydrogen-bond acceptors (Lipinski definition) is 4. The van der Waals surface area contributed by atoms with Gasteiger partial charge in [0, 0.05) is 5.92 Å². The molecule has 2 aromatic rings. The van der Waals surface area contributed by atoms with Gasteiger partial charge in [-0.25, -0.2) is 0 Å². The minimum absolute atomic E-state index is 0.389. The Balaban J connectivity index is 1.48. The number of aromatic nitrogens is 2. The van der Waals surface area contributed by atoms with E-state index in [-0.39, 0.29) is 0 Å². The Kier molecular flexibility index (Phi) is 2.67. The fraction of sp³-hybridized carbons (Fsp3) is 0.500. The highest BCUT2D eigenvalue weighted by Gasteiger charge is 2.49. The second-order valence-electron chi connectivity index (χ2n) is 6.13. The van der Waals surface area contributed by atoms with E-state index in [0.717, 1.165) is 18.7 Å². The molecule has 0 amide bonds. The predicted molar refractivity (Wildman–Crippen MR) is 73.2 cm³/mol. The van der Waals surface area contributed by atoms with Gasteiger partial charge in [0.05, 0.1) is 0 Å². The Morgan fingerprint density at radius 1 is 1.10 bits per heavy atom. The van der Waals surface area contributed by atoms with E-state index in [9.17, 15) is 5.11 Å². The van der Waals surface area contributed by atoms with Crippen molar-refractivity contribution in [3.8, 4) is 0 Å². The highest BCUT2D eigenvalue weighted by molar-refractivity contribution is 5.26. The van der Waals surface area contributed by atoms with Crippen LogP contribution in [0.5, 0.6) is 0 Å². The van der Waals surface area contributed by atoms with Gasteiger partial charge in [-0.2, -0.15) is 4.98 Å². The fourth-order valence-electron chi connectivity index (χ4n) is 3.15. The third-order valence-electron chi connectivity index (χ3n) is 4.75. The van der Waals surface area contributed by atoms with E-state index in [1.165, 1.54) is 12.0 Å². The molecule has 2 fully saturated rings. The summed E-state index contributed by atoms with van der Waals surface area (Å²) < 4.78 is 5.30. The first-order chi connectivity index (χ1) is 9.74. The summed E-state index contributed by atoms with van der Waals surface area (Å²) in [5.41, 5.74) is 0.353. The van der Waals surface area contributed by atoms with Crippen molar-refractivity contribution in [3.05, 3.63) is 47.6 Å². The van der Waals surface area contributed by atoms with Gasteiger partial charge in [-0.3, -0.25) is 0 Å². The monoisotopic (exact) mass is 270 g/mol. The summed E-state index contributed by atoms with van der Waals surface area (Å²) in [6.07, 6.45) is 4.87.